The second kappa shape index (κ2) is 7.98. The molecule has 0 amide bonds. The fourth-order valence-corrected chi connectivity index (χ4v) is 2.82. The molecule has 29 heavy (non-hydrogen) atoms. The van der Waals surface area contributed by atoms with Gasteiger partial charge in [0.05, 0.1) is 22.6 Å². The third-order valence-electron chi connectivity index (χ3n) is 4.31. The second-order valence-electron chi connectivity index (χ2n) is 6.09. The number of hydrogen-bond donors (Lipinski definition) is 5. The number of rotatable bonds is 4. The van der Waals surface area contributed by atoms with Gasteiger partial charge in [0, 0.05) is 18.8 Å². The highest BCUT2D eigenvalue weighted by atomic mass is 19.2. The van der Waals surface area contributed by atoms with Crippen molar-refractivity contribution >= 4 is 28.7 Å². The van der Waals surface area contributed by atoms with Crippen LogP contribution in [0.2, 0.25) is 0 Å². The van der Waals surface area contributed by atoms with Gasteiger partial charge < -0.3 is 23.0 Å². The number of hydrazine groups is 1. The molecule has 9 N–H and O–H groups in total. The minimum atomic E-state index is -1.07. The Morgan fingerprint density at radius 2 is 1.79 bits per heavy atom. The monoisotopic (exact) mass is 398 g/mol. The standard InChI is InChI=1S/C19H20F2N8/c1-26-29(16-4-2-3-13(20)17(16)21)19(28-25)12-7-11(9-27-18(12)24)10-5-6-14(22)15(23)8-10/h2-9,26H,22-23,25H2,1H3,(H2,24,27)/b28-19-. The molecule has 1 aromatic heterocycles. The topological polar surface area (TPSA) is 145 Å². The minimum Gasteiger partial charge on any atom is -0.397 e. The molecule has 0 aliphatic carbocycles. The number of nitrogens with two attached hydrogens (primary N) is 4. The molecule has 0 atom stereocenters. The second-order valence-corrected chi connectivity index (χ2v) is 6.09. The first-order valence-electron chi connectivity index (χ1n) is 8.48. The molecule has 150 valence electrons. The lowest BCUT2D eigenvalue weighted by Crippen LogP contribution is -2.43. The van der Waals surface area contributed by atoms with Crippen LogP contribution in [0, 0.1) is 11.6 Å². The molecule has 0 spiro atoms. The number of hydrogen-bond acceptors (Lipinski definition) is 7. The van der Waals surface area contributed by atoms with Gasteiger partial charge in [0.2, 0.25) is 0 Å². The number of halogens is 2. The Labute approximate surface area is 165 Å². The van der Waals surface area contributed by atoms with Gasteiger partial charge in [-0.15, -0.1) is 0 Å². The van der Waals surface area contributed by atoms with Crippen LogP contribution in [0.15, 0.2) is 53.8 Å². The third kappa shape index (κ3) is 3.73. The summed E-state index contributed by atoms with van der Waals surface area (Å²) in [6.07, 6.45) is 1.55. The Bertz CT molecular complexity index is 1080. The van der Waals surface area contributed by atoms with Crippen molar-refractivity contribution in [3.63, 3.8) is 0 Å². The van der Waals surface area contributed by atoms with Gasteiger partial charge in [0.15, 0.2) is 17.5 Å². The van der Waals surface area contributed by atoms with Crippen LogP contribution < -0.4 is 33.5 Å². The van der Waals surface area contributed by atoms with Gasteiger partial charge in [-0.05, 0) is 35.9 Å². The first kappa shape index (κ1) is 19.8. The molecule has 0 aliphatic heterocycles. The molecule has 0 aliphatic rings. The first-order chi connectivity index (χ1) is 13.9. The maximum absolute atomic E-state index is 14.4. The Hall–Kier alpha value is -3.92. The van der Waals surface area contributed by atoms with E-state index in [1.807, 2.05) is 0 Å². The number of nitrogen functional groups attached to an aromatic ring is 3. The van der Waals surface area contributed by atoms with Crippen LogP contribution in [0.3, 0.4) is 0 Å². The largest absolute Gasteiger partial charge is 0.397 e. The quantitative estimate of drug-likeness (QED) is 0.149. The van der Waals surface area contributed by atoms with Crippen molar-refractivity contribution in [2.24, 2.45) is 10.9 Å². The molecule has 0 radical (unpaired) electrons. The molecule has 3 rings (SSSR count). The van der Waals surface area contributed by atoms with E-state index in [0.717, 1.165) is 11.6 Å². The van der Waals surface area contributed by atoms with E-state index in [2.05, 4.69) is 15.5 Å². The molecule has 3 aromatic rings. The van der Waals surface area contributed by atoms with E-state index in [1.54, 1.807) is 30.5 Å². The highest BCUT2D eigenvalue weighted by Crippen LogP contribution is 2.28. The Kier molecular flexibility index (Phi) is 5.46. The summed E-state index contributed by atoms with van der Waals surface area (Å²) < 4.78 is 28.1. The molecule has 8 nitrogen and oxygen atoms in total. The van der Waals surface area contributed by atoms with Gasteiger partial charge in [-0.25, -0.2) is 19.2 Å². The van der Waals surface area contributed by atoms with E-state index in [0.29, 0.717) is 22.5 Å². The molecule has 0 bridgehead atoms. The number of pyridine rings is 1. The average Bonchev–Trinajstić information content (AvgIpc) is 2.71. The fraction of sp³-hybridized carbons (Fsp3) is 0.0526. The molecule has 0 fully saturated rings. The summed E-state index contributed by atoms with van der Waals surface area (Å²) in [5, 5.41) is 4.90. The van der Waals surface area contributed by atoms with Crippen LogP contribution in [0.1, 0.15) is 5.56 Å². The number of nitrogens with zero attached hydrogens (tertiary/aromatic N) is 3. The molecule has 2 aromatic carbocycles. The van der Waals surface area contributed by atoms with Gasteiger partial charge in [-0.1, -0.05) is 12.1 Å². The minimum absolute atomic E-state index is 0.0345. The summed E-state index contributed by atoms with van der Waals surface area (Å²) in [7, 11) is 1.50. The lowest BCUT2D eigenvalue weighted by Gasteiger charge is -2.25. The van der Waals surface area contributed by atoms with E-state index in [-0.39, 0.29) is 17.3 Å². The molecule has 10 heteroatoms. The van der Waals surface area contributed by atoms with Crippen molar-refractivity contribution in [2.75, 3.05) is 29.3 Å². The van der Waals surface area contributed by atoms with E-state index in [9.17, 15) is 8.78 Å². The fourth-order valence-electron chi connectivity index (χ4n) is 2.82. The number of aromatic nitrogens is 1. The third-order valence-corrected chi connectivity index (χ3v) is 4.31. The van der Waals surface area contributed by atoms with Crippen molar-refractivity contribution in [1.29, 1.82) is 0 Å². The van der Waals surface area contributed by atoms with Gasteiger partial charge >= 0.3 is 0 Å². The predicted molar refractivity (Wildman–Crippen MR) is 112 cm³/mol. The molecule has 1 heterocycles. The lowest BCUT2D eigenvalue weighted by atomic mass is 10.0. The highest BCUT2D eigenvalue weighted by molar-refractivity contribution is 6.12. The number of nitrogens with one attached hydrogen (secondary N) is 1. The van der Waals surface area contributed by atoms with E-state index in [1.165, 1.54) is 24.2 Å². The molecular formula is C19H20F2N8. The zero-order valence-electron chi connectivity index (χ0n) is 15.5. The number of anilines is 4. The van der Waals surface area contributed by atoms with Crippen molar-refractivity contribution in [2.45, 2.75) is 0 Å². The Morgan fingerprint density at radius 1 is 1.03 bits per heavy atom. The summed E-state index contributed by atoms with van der Waals surface area (Å²) in [5.41, 5.74) is 22.8. The molecule has 0 unspecified atom stereocenters. The van der Waals surface area contributed by atoms with Crippen LogP contribution in [0.4, 0.5) is 31.7 Å². The smallest absolute Gasteiger partial charge is 0.183 e. The number of amidine groups is 1. The summed E-state index contributed by atoms with van der Waals surface area (Å²) in [5.74, 6) is 3.62. The zero-order chi connectivity index (χ0) is 21.1. The summed E-state index contributed by atoms with van der Waals surface area (Å²) in [6.45, 7) is 0. The van der Waals surface area contributed by atoms with E-state index >= 15 is 0 Å². The lowest BCUT2D eigenvalue weighted by molar-refractivity contribution is 0.507. The number of hydrazone groups is 1. The van der Waals surface area contributed by atoms with Gasteiger partial charge in [0.25, 0.3) is 0 Å². The number of benzene rings is 2. The van der Waals surface area contributed by atoms with Crippen molar-refractivity contribution in [3.05, 3.63) is 65.9 Å². The van der Waals surface area contributed by atoms with Crippen LogP contribution in [-0.2, 0) is 0 Å². The van der Waals surface area contributed by atoms with Crippen LogP contribution >= 0.6 is 0 Å². The summed E-state index contributed by atoms with van der Waals surface area (Å²) >= 11 is 0. The van der Waals surface area contributed by atoms with Crippen LogP contribution in [0.25, 0.3) is 11.1 Å². The summed E-state index contributed by atoms with van der Waals surface area (Å²) in [6, 6.07) is 10.5. The zero-order valence-corrected chi connectivity index (χ0v) is 15.5. The normalized spacial score (nSPS) is 11.5. The summed E-state index contributed by atoms with van der Waals surface area (Å²) in [4.78, 5) is 4.17. The van der Waals surface area contributed by atoms with Crippen LogP contribution in [-0.4, -0.2) is 17.9 Å². The maximum atomic E-state index is 14.4. The Balaban J connectivity index is 2.11. The van der Waals surface area contributed by atoms with Crippen molar-refractivity contribution < 1.29 is 8.78 Å². The highest BCUT2D eigenvalue weighted by Gasteiger charge is 2.22. The van der Waals surface area contributed by atoms with E-state index < -0.39 is 11.6 Å². The van der Waals surface area contributed by atoms with E-state index in [4.69, 9.17) is 23.0 Å². The average molecular weight is 398 g/mol. The van der Waals surface area contributed by atoms with Crippen molar-refractivity contribution in [3.8, 4) is 11.1 Å². The van der Waals surface area contributed by atoms with Gasteiger partial charge in [-0.2, -0.15) is 5.10 Å². The Morgan fingerprint density at radius 3 is 2.45 bits per heavy atom. The first-order valence-corrected chi connectivity index (χ1v) is 8.48. The molecule has 0 saturated heterocycles. The molecule has 0 saturated carbocycles. The van der Waals surface area contributed by atoms with Crippen molar-refractivity contribution in [1.82, 2.24) is 10.4 Å². The molecular weight excluding hydrogens is 378 g/mol. The van der Waals surface area contributed by atoms with Crippen LogP contribution in [0.5, 0.6) is 0 Å². The van der Waals surface area contributed by atoms with Gasteiger partial charge in [-0.3, -0.25) is 5.01 Å². The maximum Gasteiger partial charge on any atom is 0.183 e. The van der Waals surface area contributed by atoms with Gasteiger partial charge in [0.1, 0.15) is 5.82 Å². The predicted octanol–water partition coefficient (Wildman–Crippen LogP) is 2.03. The SMILES string of the molecule is CNN(/C(=N\N)c1cc(-c2ccc(N)c(N)c2)cnc1N)c1cccc(F)c1F.